The highest BCUT2D eigenvalue weighted by atomic mass is 16.5. The van der Waals surface area contributed by atoms with E-state index in [2.05, 4.69) is 10.2 Å². The van der Waals surface area contributed by atoms with Gasteiger partial charge < -0.3 is 14.5 Å². The van der Waals surface area contributed by atoms with E-state index in [0.717, 1.165) is 24.2 Å². The van der Waals surface area contributed by atoms with Crippen molar-refractivity contribution in [3.8, 4) is 0 Å². The third-order valence-electron chi connectivity index (χ3n) is 4.66. The van der Waals surface area contributed by atoms with Gasteiger partial charge in [-0.15, -0.1) is 0 Å². The number of hydrogen-bond donors (Lipinski definition) is 1. The Hall–Kier alpha value is -1.89. The number of likely N-dealkylation sites (tertiary alicyclic amines) is 1. The largest absolute Gasteiger partial charge is 0.369 e. The fourth-order valence-electron chi connectivity index (χ4n) is 3.34. The predicted molar refractivity (Wildman–Crippen MR) is 84.0 cm³/mol. The second-order valence-corrected chi connectivity index (χ2v) is 6.47. The van der Waals surface area contributed by atoms with E-state index in [1.54, 1.807) is 11.9 Å². The first-order valence-electron chi connectivity index (χ1n) is 8.23. The van der Waals surface area contributed by atoms with Crippen LogP contribution in [0.15, 0.2) is 0 Å². The molecule has 1 aromatic rings. The number of nitrogens with zero attached hydrogens (tertiary/aromatic N) is 3. The molecular weight excluding hydrogens is 296 g/mol. The molecule has 1 saturated heterocycles. The summed E-state index contributed by atoms with van der Waals surface area (Å²) in [6, 6.07) is 0. The van der Waals surface area contributed by atoms with Crippen molar-refractivity contribution in [1.82, 2.24) is 20.0 Å². The van der Waals surface area contributed by atoms with E-state index in [0.29, 0.717) is 31.6 Å². The van der Waals surface area contributed by atoms with Crippen LogP contribution in [0, 0.1) is 0 Å². The minimum Gasteiger partial charge on any atom is -0.369 e. The Kier molecular flexibility index (Phi) is 4.39. The number of aromatic nitrogens is 2. The van der Waals surface area contributed by atoms with Crippen molar-refractivity contribution in [3.05, 3.63) is 17.0 Å². The summed E-state index contributed by atoms with van der Waals surface area (Å²) < 4.78 is 5.75. The molecule has 7 heteroatoms. The molecule has 126 valence electrons. The van der Waals surface area contributed by atoms with Gasteiger partial charge in [0, 0.05) is 45.1 Å². The summed E-state index contributed by atoms with van der Waals surface area (Å²) in [4.78, 5) is 27.8. The second-order valence-electron chi connectivity index (χ2n) is 6.47. The highest BCUT2D eigenvalue weighted by molar-refractivity contribution is 5.94. The van der Waals surface area contributed by atoms with Crippen molar-refractivity contribution in [2.24, 2.45) is 0 Å². The molecule has 0 aromatic carbocycles. The molecule has 3 heterocycles. The van der Waals surface area contributed by atoms with E-state index in [9.17, 15) is 9.59 Å². The first-order chi connectivity index (χ1) is 11.0. The number of ether oxygens (including phenoxy) is 1. The van der Waals surface area contributed by atoms with Gasteiger partial charge in [0.05, 0.1) is 17.9 Å². The Morgan fingerprint density at radius 2 is 2.26 bits per heavy atom. The average Bonchev–Trinajstić information content (AvgIpc) is 3.10. The Morgan fingerprint density at radius 1 is 1.48 bits per heavy atom. The number of H-pyrrole nitrogens is 1. The van der Waals surface area contributed by atoms with Crippen LogP contribution >= 0.6 is 0 Å². The summed E-state index contributed by atoms with van der Waals surface area (Å²) in [5, 5.41) is 7.17. The Labute approximate surface area is 136 Å². The Morgan fingerprint density at radius 3 is 2.96 bits per heavy atom. The number of carbonyl (C=O) groups excluding carboxylic acids is 2. The number of likely N-dealkylation sites (N-methyl/N-ethyl adjacent to an activating group) is 1. The standard InChI is InChI=1S/C16H24N4O3/c1-10-9-12-14(11(2)23-10)17-18-15(12)16(22)19(3)7-8-20-6-4-5-13(20)21/h10-11H,4-9H2,1-3H3,(H,17,18)/t10-,11+/m1/s1. The van der Waals surface area contributed by atoms with Gasteiger partial charge in [0.25, 0.3) is 5.91 Å². The fraction of sp³-hybridized carbons (Fsp3) is 0.688. The smallest absolute Gasteiger partial charge is 0.274 e. The normalized spacial score (nSPS) is 24.0. The van der Waals surface area contributed by atoms with Crippen molar-refractivity contribution in [3.63, 3.8) is 0 Å². The van der Waals surface area contributed by atoms with Gasteiger partial charge >= 0.3 is 0 Å². The summed E-state index contributed by atoms with van der Waals surface area (Å²) in [6.07, 6.45) is 2.24. The molecule has 23 heavy (non-hydrogen) atoms. The van der Waals surface area contributed by atoms with Crippen LogP contribution in [0.5, 0.6) is 0 Å². The number of carbonyl (C=O) groups is 2. The summed E-state index contributed by atoms with van der Waals surface area (Å²) >= 11 is 0. The molecule has 1 fully saturated rings. The zero-order chi connectivity index (χ0) is 16.6. The van der Waals surface area contributed by atoms with Crippen LogP contribution in [0.25, 0.3) is 0 Å². The molecule has 2 aliphatic heterocycles. The van der Waals surface area contributed by atoms with Gasteiger partial charge in [-0.25, -0.2) is 0 Å². The zero-order valence-corrected chi connectivity index (χ0v) is 14.0. The van der Waals surface area contributed by atoms with Crippen LogP contribution < -0.4 is 0 Å². The first kappa shape index (κ1) is 16.0. The molecule has 2 aliphatic rings. The molecule has 0 radical (unpaired) electrons. The molecule has 3 rings (SSSR count). The highest BCUT2D eigenvalue weighted by Crippen LogP contribution is 2.30. The molecule has 0 bridgehead atoms. The van der Waals surface area contributed by atoms with Gasteiger partial charge in [0.15, 0.2) is 5.69 Å². The fourth-order valence-corrected chi connectivity index (χ4v) is 3.34. The van der Waals surface area contributed by atoms with Crippen LogP contribution in [0.2, 0.25) is 0 Å². The molecule has 0 saturated carbocycles. The van der Waals surface area contributed by atoms with Crippen molar-refractivity contribution in [1.29, 1.82) is 0 Å². The monoisotopic (exact) mass is 320 g/mol. The zero-order valence-electron chi connectivity index (χ0n) is 14.0. The molecule has 2 amide bonds. The Balaban J connectivity index is 1.67. The van der Waals surface area contributed by atoms with Crippen LogP contribution in [-0.2, 0) is 16.0 Å². The maximum atomic E-state index is 12.7. The lowest BCUT2D eigenvalue weighted by molar-refractivity contribution is -0.127. The maximum absolute atomic E-state index is 12.7. The van der Waals surface area contributed by atoms with Crippen LogP contribution in [-0.4, -0.2) is 64.6 Å². The lowest BCUT2D eigenvalue weighted by Gasteiger charge is -2.26. The number of amides is 2. The summed E-state index contributed by atoms with van der Waals surface area (Å²) in [6.45, 7) is 5.87. The van der Waals surface area contributed by atoms with E-state index < -0.39 is 0 Å². The third kappa shape index (κ3) is 3.10. The molecule has 0 spiro atoms. The minimum absolute atomic E-state index is 0.0738. The van der Waals surface area contributed by atoms with E-state index in [4.69, 9.17) is 4.74 Å². The van der Waals surface area contributed by atoms with Gasteiger partial charge in [0.1, 0.15) is 0 Å². The number of aromatic amines is 1. The topological polar surface area (TPSA) is 78.5 Å². The van der Waals surface area contributed by atoms with Gasteiger partial charge in [0.2, 0.25) is 5.91 Å². The van der Waals surface area contributed by atoms with Crippen molar-refractivity contribution in [2.45, 2.75) is 45.3 Å². The van der Waals surface area contributed by atoms with Gasteiger partial charge in [-0.2, -0.15) is 5.10 Å². The van der Waals surface area contributed by atoms with Gasteiger partial charge in [-0.3, -0.25) is 14.7 Å². The number of rotatable bonds is 4. The van der Waals surface area contributed by atoms with Gasteiger partial charge in [-0.1, -0.05) is 0 Å². The van der Waals surface area contributed by atoms with Crippen LogP contribution in [0.1, 0.15) is 54.5 Å². The number of fused-ring (bicyclic) bond motifs is 1. The summed E-state index contributed by atoms with van der Waals surface area (Å²) in [7, 11) is 1.76. The first-order valence-corrected chi connectivity index (χ1v) is 8.23. The minimum atomic E-state index is -0.101. The third-order valence-corrected chi connectivity index (χ3v) is 4.66. The predicted octanol–water partition coefficient (Wildman–Crippen LogP) is 1.13. The van der Waals surface area contributed by atoms with E-state index in [-0.39, 0.29) is 24.0 Å². The van der Waals surface area contributed by atoms with Crippen molar-refractivity contribution in [2.75, 3.05) is 26.7 Å². The lowest BCUT2D eigenvalue weighted by atomic mass is 9.99. The average molecular weight is 320 g/mol. The molecule has 0 aliphatic carbocycles. The summed E-state index contributed by atoms with van der Waals surface area (Å²) in [5.41, 5.74) is 2.34. The van der Waals surface area contributed by atoms with Gasteiger partial charge in [-0.05, 0) is 20.3 Å². The highest BCUT2D eigenvalue weighted by Gasteiger charge is 2.31. The van der Waals surface area contributed by atoms with E-state index >= 15 is 0 Å². The summed E-state index contributed by atoms with van der Waals surface area (Å²) in [5.74, 6) is 0.0817. The Bertz CT molecular complexity index is 612. The SMILES string of the molecule is C[C@@H]1Cc2c(C(=O)N(C)CCN3CCCC3=O)n[nH]c2[C@H](C)O1. The number of hydrogen-bond acceptors (Lipinski definition) is 4. The second kappa shape index (κ2) is 6.31. The van der Waals surface area contributed by atoms with E-state index in [1.165, 1.54) is 0 Å². The number of nitrogens with one attached hydrogen (secondary N) is 1. The molecular formula is C16H24N4O3. The molecule has 2 atom stereocenters. The quantitative estimate of drug-likeness (QED) is 0.902. The van der Waals surface area contributed by atoms with Crippen molar-refractivity contribution < 1.29 is 14.3 Å². The maximum Gasteiger partial charge on any atom is 0.274 e. The van der Waals surface area contributed by atoms with E-state index in [1.807, 2.05) is 18.7 Å². The van der Waals surface area contributed by atoms with Crippen LogP contribution in [0.3, 0.4) is 0 Å². The van der Waals surface area contributed by atoms with Crippen molar-refractivity contribution >= 4 is 11.8 Å². The van der Waals surface area contributed by atoms with Crippen LogP contribution in [0.4, 0.5) is 0 Å². The molecule has 7 nitrogen and oxygen atoms in total. The molecule has 0 unspecified atom stereocenters. The lowest BCUT2D eigenvalue weighted by Crippen LogP contribution is -2.37. The molecule has 1 aromatic heterocycles. The molecule has 1 N–H and O–H groups in total.